The summed E-state index contributed by atoms with van der Waals surface area (Å²) in [6, 6.07) is 4.08. The van der Waals surface area contributed by atoms with Crippen LogP contribution in [0.1, 0.15) is 29.8 Å². The molecule has 1 atom stereocenters. The smallest absolute Gasteiger partial charge is 0.317 e. The summed E-state index contributed by atoms with van der Waals surface area (Å²) < 4.78 is 0. The van der Waals surface area contributed by atoms with Crippen molar-refractivity contribution >= 4 is 17.1 Å². The number of urea groups is 1. The first-order valence-corrected chi connectivity index (χ1v) is 9.61. The van der Waals surface area contributed by atoms with Gasteiger partial charge in [0.1, 0.15) is 5.82 Å². The third-order valence-electron chi connectivity index (χ3n) is 5.24. The van der Waals surface area contributed by atoms with Crippen LogP contribution in [0.4, 0.5) is 4.79 Å². The van der Waals surface area contributed by atoms with Crippen LogP contribution < -0.4 is 5.32 Å². The van der Waals surface area contributed by atoms with E-state index in [1.807, 2.05) is 19.0 Å². The zero-order valence-electron chi connectivity index (χ0n) is 16.8. The van der Waals surface area contributed by atoms with E-state index in [2.05, 4.69) is 41.3 Å². The zero-order chi connectivity index (χ0) is 19.6. The fourth-order valence-corrected chi connectivity index (χ4v) is 3.84. The van der Waals surface area contributed by atoms with Crippen LogP contribution in [0.15, 0.2) is 12.1 Å². The molecule has 0 unspecified atom stereocenters. The van der Waals surface area contributed by atoms with Crippen molar-refractivity contribution in [3.8, 4) is 0 Å². The van der Waals surface area contributed by atoms with Crippen LogP contribution in [0.2, 0.25) is 0 Å². The lowest BCUT2D eigenvalue weighted by atomic mass is 9.92. The Labute approximate surface area is 160 Å². The maximum absolute atomic E-state index is 12.5. The van der Waals surface area contributed by atoms with Crippen LogP contribution in [-0.2, 0) is 6.42 Å². The average molecular weight is 374 g/mol. The monoisotopic (exact) mass is 373 g/mol. The Morgan fingerprint density at radius 1 is 1.37 bits per heavy atom. The fraction of sp³-hybridized carbons (Fsp3) is 0.600. The van der Waals surface area contributed by atoms with Gasteiger partial charge in [0.15, 0.2) is 0 Å². The third-order valence-corrected chi connectivity index (χ3v) is 5.24. The van der Waals surface area contributed by atoms with Crippen LogP contribution in [0.3, 0.4) is 0 Å². The van der Waals surface area contributed by atoms with Gasteiger partial charge < -0.3 is 25.2 Å². The van der Waals surface area contributed by atoms with Gasteiger partial charge in [-0.15, -0.1) is 0 Å². The highest BCUT2D eigenvalue weighted by Gasteiger charge is 2.35. The minimum atomic E-state index is -0.826. The second kappa shape index (κ2) is 7.86. The molecule has 1 aliphatic rings. The number of hydrogen-bond acceptors (Lipinski definition) is 4. The number of amides is 2. The molecule has 0 bridgehead atoms. The number of aryl methyl sites for hydroxylation is 2. The molecule has 1 saturated heterocycles. The fourth-order valence-electron chi connectivity index (χ4n) is 3.84. The number of H-pyrrole nitrogens is 1. The molecule has 0 aliphatic carbocycles. The van der Waals surface area contributed by atoms with Crippen molar-refractivity contribution in [3.05, 3.63) is 29.1 Å². The van der Waals surface area contributed by atoms with Gasteiger partial charge in [-0.25, -0.2) is 9.78 Å². The molecular weight excluding hydrogens is 342 g/mol. The maximum Gasteiger partial charge on any atom is 0.317 e. The molecular formula is C20H31N5O2. The van der Waals surface area contributed by atoms with E-state index in [-0.39, 0.29) is 6.03 Å². The number of nitrogens with zero attached hydrogens (tertiary/aromatic N) is 3. The van der Waals surface area contributed by atoms with Gasteiger partial charge in [-0.3, -0.25) is 0 Å². The lowest BCUT2D eigenvalue weighted by Gasteiger charge is -2.40. The van der Waals surface area contributed by atoms with Gasteiger partial charge in [0, 0.05) is 26.1 Å². The van der Waals surface area contributed by atoms with Crippen molar-refractivity contribution in [2.24, 2.45) is 0 Å². The Balaban J connectivity index is 1.53. The number of hydrogen-bond donors (Lipinski definition) is 3. The van der Waals surface area contributed by atoms with Gasteiger partial charge in [-0.2, -0.15) is 0 Å². The molecule has 3 rings (SSSR count). The number of aromatic nitrogens is 2. The second-order valence-electron chi connectivity index (χ2n) is 8.11. The standard InChI is InChI=1S/C20H31N5O2/c1-14-10-16-17(11-15(14)2)23-18(22-16)6-8-21-19(26)25-9-5-7-20(27,13-25)12-24(3)4/h10-11,27H,5-9,12-13H2,1-4H3,(H,21,26)(H,22,23)/t20-/m1/s1. The van der Waals surface area contributed by atoms with E-state index in [0.29, 0.717) is 32.6 Å². The molecule has 1 aromatic heterocycles. The van der Waals surface area contributed by atoms with Crippen molar-refractivity contribution in [2.45, 2.75) is 38.7 Å². The number of β-amino-alcohol motifs (C(OH)–C–C–N with tert-alkyl or cyclic N) is 1. The first kappa shape index (κ1) is 19.6. The first-order valence-electron chi connectivity index (χ1n) is 9.61. The first-order chi connectivity index (χ1) is 12.8. The highest BCUT2D eigenvalue weighted by Crippen LogP contribution is 2.22. The molecule has 2 heterocycles. The van der Waals surface area contributed by atoms with E-state index in [4.69, 9.17) is 0 Å². The molecule has 3 N–H and O–H groups in total. The molecule has 1 aliphatic heterocycles. The third kappa shape index (κ3) is 4.78. The van der Waals surface area contributed by atoms with Crippen LogP contribution in [0, 0.1) is 13.8 Å². The summed E-state index contributed by atoms with van der Waals surface area (Å²) in [5.41, 5.74) is 3.63. The van der Waals surface area contributed by atoms with Crippen molar-refractivity contribution in [2.75, 3.05) is 40.3 Å². The molecule has 0 radical (unpaired) electrons. The largest absolute Gasteiger partial charge is 0.387 e. The number of rotatable bonds is 5. The molecule has 27 heavy (non-hydrogen) atoms. The predicted octanol–water partition coefficient (Wildman–Crippen LogP) is 1.82. The van der Waals surface area contributed by atoms with E-state index in [1.165, 1.54) is 11.1 Å². The second-order valence-corrected chi connectivity index (χ2v) is 8.11. The Kier molecular flexibility index (Phi) is 5.72. The number of piperidine rings is 1. The number of likely N-dealkylation sites (tertiary alicyclic amines) is 1. The Bertz CT molecular complexity index is 777. The van der Waals surface area contributed by atoms with Gasteiger partial charge in [-0.1, -0.05) is 0 Å². The number of imidazole rings is 1. The molecule has 2 aromatic rings. The summed E-state index contributed by atoms with van der Waals surface area (Å²) >= 11 is 0. The normalized spacial score (nSPS) is 20.4. The zero-order valence-corrected chi connectivity index (χ0v) is 16.8. The minimum absolute atomic E-state index is 0.116. The Hall–Kier alpha value is -2.12. The van der Waals surface area contributed by atoms with E-state index < -0.39 is 5.60 Å². The van der Waals surface area contributed by atoms with Crippen LogP contribution in [-0.4, -0.2) is 76.8 Å². The van der Waals surface area contributed by atoms with Gasteiger partial charge in [0.25, 0.3) is 0 Å². The molecule has 148 valence electrons. The molecule has 0 spiro atoms. The Morgan fingerprint density at radius 2 is 2.11 bits per heavy atom. The summed E-state index contributed by atoms with van der Waals surface area (Å²) in [5.74, 6) is 0.873. The van der Waals surface area contributed by atoms with Crippen molar-refractivity contribution < 1.29 is 9.90 Å². The number of benzene rings is 1. The number of carbonyl (C=O) groups is 1. The number of carbonyl (C=O) groups excluding carboxylic acids is 1. The minimum Gasteiger partial charge on any atom is -0.387 e. The maximum atomic E-state index is 12.5. The number of fused-ring (bicyclic) bond motifs is 1. The SMILES string of the molecule is Cc1cc2nc(CCNC(=O)N3CCC[C@@](O)(CN(C)C)C3)[nH]c2cc1C. The van der Waals surface area contributed by atoms with Crippen molar-refractivity contribution in [1.82, 2.24) is 25.1 Å². The summed E-state index contributed by atoms with van der Waals surface area (Å²) in [7, 11) is 3.88. The van der Waals surface area contributed by atoms with E-state index >= 15 is 0 Å². The lowest BCUT2D eigenvalue weighted by molar-refractivity contribution is -0.0346. The molecule has 1 fully saturated rings. The average Bonchev–Trinajstić information content (AvgIpc) is 2.95. The molecule has 0 saturated carbocycles. The summed E-state index contributed by atoms with van der Waals surface area (Å²) in [4.78, 5) is 24.1. The Morgan fingerprint density at radius 3 is 2.85 bits per heavy atom. The summed E-state index contributed by atoms with van der Waals surface area (Å²) in [6.45, 7) is 6.31. The molecule has 1 aromatic carbocycles. The number of aliphatic hydroxyl groups is 1. The molecule has 7 heteroatoms. The highest BCUT2D eigenvalue weighted by molar-refractivity contribution is 5.77. The van der Waals surface area contributed by atoms with Gasteiger partial charge >= 0.3 is 6.03 Å². The highest BCUT2D eigenvalue weighted by atomic mass is 16.3. The van der Waals surface area contributed by atoms with E-state index in [0.717, 1.165) is 29.7 Å². The quantitative estimate of drug-likeness (QED) is 0.746. The lowest BCUT2D eigenvalue weighted by Crippen LogP contribution is -2.56. The van der Waals surface area contributed by atoms with Crippen LogP contribution >= 0.6 is 0 Å². The number of aromatic amines is 1. The van der Waals surface area contributed by atoms with Crippen molar-refractivity contribution in [3.63, 3.8) is 0 Å². The van der Waals surface area contributed by atoms with Crippen LogP contribution in [0.5, 0.6) is 0 Å². The van der Waals surface area contributed by atoms with Gasteiger partial charge in [0.05, 0.1) is 23.2 Å². The van der Waals surface area contributed by atoms with E-state index in [1.54, 1.807) is 4.90 Å². The van der Waals surface area contributed by atoms with Crippen molar-refractivity contribution in [1.29, 1.82) is 0 Å². The van der Waals surface area contributed by atoms with E-state index in [9.17, 15) is 9.90 Å². The molecule has 2 amide bonds. The van der Waals surface area contributed by atoms with Crippen LogP contribution in [0.25, 0.3) is 11.0 Å². The van der Waals surface area contributed by atoms with Gasteiger partial charge in [-0.05, 0) is 64.0 Å². The topological polar surface area (TPSA) is 84.5 Å². The molecule has 7 nitrogen and oxygen atoms in total. The van der Waals surface area contributed by atoms with Gasteiger partial charge in [0.2, 0.25) is 0 Å². The summed E-state index contributed by atoms with van der Waals surface area (Å²) in [5, 5.41) is 13.7. The number of likely N-dealkylation sites (N-methyl/N-ethyl adjacent to an activating group) is 1. The summed E-state index contributed by atoms with van der Waals surface area (Å²) in [6.07, 6.45) is 2.20. The number of nitrogens with one attached hydrogen (secondary N) is 2. The predicted molar refractivity (Wildman–Crippen MR) is 107 cm³/mol.